The molecule has 2 rings (SSSR count). The van der Waals surface area contributed by atoms with Crippen molar-refractivity contribution in [2.45, 2.75) is 0 Å². The molecular weight excluding hydrogens is 222 g/mol. The van der Waals surface area contributed by atoms with Crippen LogP contribution in [0.25, 0.3) is 11.6 Å². The predicted molar refractivity (Wildman–Crippen MR) is 72.9 cm³/mol. The minimum absolute atomic E-state index is 0.625. The lowest BCUT2D eigenvalue weighted by molar-refractivity contribution is 0.414. The first kappa shape index (κ1) is 11.9. The first-order valence-electron chi connectivity index (χ1n) is 5.65. The molecule has 2 heteroatoms. The zero-order chi connectivity index (χ0) is 12.8. The van der Waals surface area contributed by atoms with Gasteiger partial charge in [-0.3, -0.25) is 0 Å². The van der Waals surface area contributed by atoms with E-state index in [1.807, 2.05) is 60.7 Å². The second kappa shape index (κ2) is 5.70. The normalized spacial score (nSPS) is 10.8. The second-order valence-electron chi connectivity index (χ2n) is 3.81. The number of hydrogen-bond acceptors (Lipinski definition) is 2. The van der Waals surface area contributed by atoms with Crippen molar-refractivity contribution in [2.75, 3.05) is 7.11 Å². The van der Waals surface area contributed by atoms with Crippen molar-refractivity contribution >= 4 is 11.6 Å². The number of methoxy groups -OCH3 is 1. The molecule has 2 aromatic carbocycles. The second-order valence-corrected chi connectivity index (χ2v) is 3.81. The summed E-state index contributed by atoms with van der Waals surface area (Å²) in [4.78, 5) is 0. The number of allylic oxidation sites excluding steroid dienone is 1. The van der Waals surface area contributed by atoms with E-state index in [-0.39, 0.29) is 0 Å². The Hall–Kier alpha value is -2.53. The molecule has 0 aromatic heterocycles. The number of nitrogens with zero attached hydrogens (tertiary/aromatic N) is 1. The first-order valence-corrected chi connectivity index (χ1v) is 5.65. The third-order valence-electron chi connectivity index (χ3n) is 2.61. The van der Waals surface area contributed by atoms with Crippen molar-refractivity contribution in [3.05, 3.63) is 65.7 Å². The fourth-order valence-electron chi connectivity index (χ4n) is 1.69. The molecule has 0 saturated carbocycles. The van der Waals surface area contributed by atoms with E-state index in [0.717, 1.165) is 16.9 Å². The predicted octanol–water partition coefficient (Wildman–Crippen LogP) is 3.76. The van der Waals surface area contributed by atoms with E-state index in [9.17, 15) is 5.26 Å². The highest BCUT2D eigenvalue weighted by molar-refractivity contribution is 5.89. The van der Waals surface area contributed by atoms with Gasteiger partial charge in [0.15, 0.2) is 0 Å². The Labute approximate surface area is 107 Å². The summed E-state index contributed by atoms with van der Waals surface area (Å²) in [7, 11) is 1.62. The standard InChI is InChI=1S/C16H13NO/c1-18-16-9-5-8-14(11-16)15(12-17)10-13-6-3-2-4-7-13/h2-11H,1H3. The third-order valence-corrected chi connectivity index (χ3v) is 2.61. The molecule has 0 spiro atoms. The Morgan fingerprint density at radius 2 is 1.89 bits per heavy atom. The Balaban J connectivity index is 2.40. The van der Waals surface area contributed by atoms with E-state index < -0.39 is 0 Å². The van der Waals surface area contributed by atoms with Gasteiger partial charge in [-0.15, -0.1) is 0 Å². The lowest BCUT2D eigenvalue weighted by atomic mass is 10.0. The Bertz CT molecular complexity index is 594. The number of rotatable bonds is 3. The van der Waals surface area contributed by atoms with Gasteiger partial charge in [-0.05, 0) is 29.3 Å². The molecule has 0 atom stereocenters. The average Bonchev–Trinajstić information content (AvgIpc) is 2.46. The largest absolute Gasteiger partial charge is 0.497 e. The van der Waals surface area contributed by atoms with E-state index in [0.29, 0.717) is 5.57 Å². The van der Waals surface area contributed by atoms with Gasteiger partial charge in [0.1, 0.15) is 5.75 Å². The summed E-state index contributed by atoms with van der Waals surface area (Å²) in [6, 6.07) is 19.5. The van der Waals surface area contributed by atoms with Crippen LogP contribution in [0, 0.1) is 11.3 Å². The Morgan fingerprint density at radius 1 is 1.11 bits per heavy atom. The van der Waals surface area contributed by atoms with Crippen molar-refractivity contribution in [3.63, 3.8) is 0 Å². The van der Waals surface area contributed by atoms with Gasteiger partial charge >= 0.3 is 0 Å². The summed E-state index contributed by atoms with van der Waals surface area (Å²) in [5.74, 6) is 0.752. The van der Waals surface area contributed by atoms with E-state index in [1.165, 1.54) is 0 Å². The zero-order valence-electron chi connectivity index (χ0n) is 10.1. The molecule has 0 fully saturated rings. The monoisotopic (exact) mass is 235 g/mol. The van der Waals surface area contributed by atoms with Crippen molar-refractivity contribution in [2.24, 2.45) is 0 Å². The van der Waals surface area contributed by atoms with Crippen LogP contribution < -0.4 is 4.74 Å². The topological polar surface area (TPSA) is 33.0 Å². The van der Waals surface area contributed by atoms with Gasteiger partial charge in [-0.1, -0.05) is 42.5 Å². The molecule has 0 unspecified atom stereocenters. The number of hydrogen-bond donors (Lipinski definition) is 0. The van der Waals surface area contributed by atoms with Crippen LogP contribution >= 0.6 is 0 Å². The van der Waals surface area contributed by atoms with Gasteiger partial charge in [0.05, 0.1) is 18.8 Å². The minimum Gasteiger partial charge on any atom is -0.497 e. The van der Waals surface area contributed by atoms with Crippen LogP contribution in [0.4, 0.5) is 0 Å². The molecular formula is C16H13NO. The van der Waals surface area contributed by atoms with Crippen molar-refractivity contribution in [1.82, 2.24) is 0 Å². The molecule has 0 aliphatic heterocycles. The van der Waals surface area contributed by atoms with Gasteiger partial charge < -0.3 is 4.74 Å². The summed E-state index contributed by atoms with van der Waals surface area (Å²) in [5, 5.41) is 9.25. The molecule has 0 radical (unpaired) electrons. The molecule has 18 heavy (non-hydrogen) atoms. The van der Waals surface area contributed by atoms with Crippen molar-refractivity contribution < 1.29 is 4.74 Å². The highest BCUT2D eigenvalue weighted by atomic mass is 16.5. The van der Waals surface area contributed by atoms with Gasteiger partial charge in [0.25, 0.3) is 0 Å². The van der Waals surface area contributed by atoms with Crippen molar-refractivity contribution in [3.8, 4) is 11.8 Å². The molecule has 88 valence electrons. The zero-order valence-corrected chi connectivity index (χ0v) is 10.1. The molecule has 0 N–H and O–H groups in total. The molecule has 0 saturated heterocycles. The highest BCUT2D eigenvalue weighted by Crippen LogP contribution is 2.21. The smallest absolute Gasteiger partial charge is 0.119 e. The minimum atomic E-state index is 0.625. The SMILES string of the molecule is COc1cccc(C(C#N)=Cc2ccccc2)c1. The van der Waals surface area contributed by atoms with Gasteiger partial charge in [-0.2, -0.15) is 5.26 Å². The van der Waals surface area contributed by atoms with Crippen LogP contribution in [0.1, 0.15) is 11.1 Å². The van der Waals surface area contributed by atoms with Crippen LogP contribution in [0.15, 0.2) is 54.6 Å². The lowest BCUT2D eigenvalue weighted by Gasteiger charge is -2.03. The van der Waals surface area contributed by atoms with Crippen LogP contribution in [-0.2, 0) is 0 Å². The quantitative estimate of drug-likeness (QED) is 0.599. The third kappa shape index (κ3) is 2.78. The van der Waals surface area contributed by atoms with Crippen molar-refractivity contribution in [1.29, 1.82) is 5.26 Å². The maximum Gasteiger partial charge on any atom is 0.119 e. The molecule has 2 nitrogen and oxygen atoms in total. The molecule has 0 heterocycles. The van der Waals surface area contributed by atoms with Crippen LogP contribution in [-0.4, -0.2) is 7.11 Å². The summed E-state index contributed by atoms with van der Waals surface area (Å²) < 4.78 is 5.16. The lowest BCUT2D eigenvalue weighted by Crippen LogP contribution is -1.86. The van der Waals surface area contributed by atoms with E-state index >= 15 is 0 Å². The number of benzene rings is 2. The number of ether oxygens (including phenoxy) is 1. The van der Waals surface area contributed by atoms with E-state index in [1.54, 1.807) is 7.11 Å². The van der Waals surface area contributed by atoms with Gasteiger partial charge in [-0.25, -0.2) is 0 Å². The van der Waals surface area contributed by atoms with E-state index in [2.05, 4.69) is 6.07 Å². The molecule has 0 aliphatic carbocycles. The fraction of sp³-hybridized carbons (Fsp3) is 0.0625. The van der Waals surface area contributed by atoms with Gasteiger partial charge in [0.2, 0.25) is 0 Å². The molecule has 0 bridgehead atoms. The Morgan fingerprint density at radius 3 is 2.56 bits per heavy atom. The average molecular weight is 235 g/mol. The first-order chi connectivity index (χ1) is 8.83. The molecule has 2 aromatic rings. The molecule has 0 amide bonds. The summed E-state index contributed by atoms with van der Waals surface area (Å²) in [6.07, 6.45) is 1.87. The van der Waals surface area contributed by atoms with Crippen LogP contribution in [0.5, 0.6) is 5.75 Å². The van der Waals surface area contributed by atoms with Crippen LogP contribution in [0.3, 0.4) is 0 Å². The summed E-state index contributed by atoms with van der Waals surface area (Å²) >= 11 is 0. The van der Waals surface area contributed by atoms with Gasteiger partial charge in [0, 0.05) is 0 Å². The molecule has 0 aliphatic rings. The fourth-order valence-corrected chi connectivity index (χ4v) is 1.69. The van der Waals surface area contributed by atoms with E-state index in [4.69, 9.17) is 4.74 Å². The maximum absolute atomic E-state index is 9.25. The summed E-state index contributed by atoms with van der Waals surface area (Å²) in [5.41, 5.74) is 2.50. The Kier molecular flexibility index (Phi) is 3.78. The summed E-state index contributed by atoms with van der Waals surface area (Å²) in [6.45, 7) is 0. The highest BCUT2D eigenvalue weighted by Gasteiger charge is 2.02. The van der Waals surface area contributed by atoms with Crippen LogP contribution in [0.2, 0.25) is 0 Å². The maximum atomic E-state index is 9.25. The number of nitriles is 1.